The number of hydrogen-bond acceptors (Lipinski definition) is 1. The molecule has 0 heterocycles. The van der Waals surface area contributed by atoms with Gasteiger partial charge in [-0.3, -0.25) is 0 Å². The van der Waals surface area contributed by atoms with Crippen molar-refractivity contribution >= 4 is 0 Å². The molecule has 2 N–H and O–H groups in total. The molecule has 1 aliphatic rings. The van der Waals surface area contributed by atoms with E-state index in [-0.39, 0.29) is 0 Å². The Morgan fingerprint density at radius 1 is 1.45 bits per heavy atom. The van der Waals surface area contributed by atoms with E-state index in [0.29, 0.717) is 0 Å². The summed E-state index contributed by atoms with van der Waals surface area (Å²) in [5.74, 6) is 0.736. The minimum atomic E-state index is 0.736. The molecule has 0 spiro atoms. The van der Waals surface area contributed by atoms with Crippen molar-refractivity contribution in [3.05, 3.63) is 23.4 Å². The molecule has 0 fully saturated rings. The molecule has 0 aromatic rings. The predicted octanol–water partition coefficient (Wildman–Crippen LogP) is 2.60. The summed E-state index contributed by atoms with van der Waals surface area (Å²) in [7, 11) is 0. The summed E-state index contributed by atoms with van der Waals surface area (Å²) in [6.07, 6.45) is 7.69. The molecule has 1 nitrogen and oxygen atoms in total. The van der Waals surface area contributed by atoms with E-state index in [2.05, 4.69) is 19.9 Å². The van der Waals surface area contributed by atoms with E-state index in [1.165, 1.54) is 6.42 Å². The van der Waals surface area contributed by atoms with Crippen molar-refractivity contribution in [2.75, 3.05) is 0 Å². The molecular formula is C10H17N. The van der Waals surface area contributed by atoms with E-state index in [1.807, 2.05) is 6.08 Å². The van der Waals surface area contributed by atoms with E-state index in [9.17, 15) is 0 Å². The fourth-order valence-corrected chi connectivity index (χ4v) is 1.34. The molecule has 0 aromatic heterocycles. The third-order valence-corrected chi connectivity index (χ3v) is 2.46. The molecule has 0 radical (unpaired) electrons. The smallest absolute Gasteiger partial charge is 0.00836 e. The fourth-order valence-electron chi connectivity index (χ4n) is 1.34. The van der Waals surface area contributed by atoms with E-state index in [4.69, 9.17) is 5.73 Å². The number of allylic oxidation sites excluding steroid dienone is 4. The van der Waals surface area contributed by atoms with Gasteiger partial charge in [0.25, 0.3) is 0 Å². The molecule has 0 aliphatic heterocycles. The van der Waals surface area contributed by atoms with Crippen molar-refractivity contribution in [3.8, 4) is 0 Å². The van der Waals surface area contributed by atoms with Gasteiger partial charge in [-0.25, -0.2) is 0 Å². The van der Waals surface area contributed by atoms with Gasteiger partial charge in [0.1, 0.15) is 0 Å². The van der Waals surface area contributed by atoms with Crippen LogP contribution in [0.3, 0.4) is 0 Å². The quantitative estimate of drug-likeness (QED) is 0.645. The highest BCUT2D eigenvalue weighted by atomic mass is 14.6. The lowest BCUT2D eigenvalue weighted by Crippen LogP contribution is -2.06. The maximum Gasteiger partial charge on any atom is 0.00836 e. The second-order valence-electron chi connectivity index (χ2n) is 3.29. The van der Waals surface area contributed by atoms with Crippen LogP contribution >= 0.6 is 0 Å². The van der Waals surface area contributed by atoms with Crippen molar-refractivity contribution in [2.24, 2.45) is 11.7 Å². The van der Waals surface area contributed by atoms with Crippen molar-refractivity contribution in [3.63, 3.8) is 0 Å². The monoisotopic (exact) mass is 151 g/mol. The van der Waals surface area contributed by atoms with Crippen LogP contribution in [0.5, 0.6) is 0 Å². The molecule has 0 saturated heterocycles. The Balaban J connectivity index is 2.60. The van der Waals surface area contributed by atoms with Gasteiger partial charge < -0.3 is 5.73 Å². The highest BCUT2D eigenvalue weighted by Crippen LogP contribution is 2.23. The van der Waals surface area contributed by atoms with Crippen LogP contribution in [0.2, 0.25) is 0 Å². The second-order valence-corrected chi connectivity index (χ2v) is 3.29. The predicted molar refractivity (Wildman–Crippen MR) is 49.0 cm³/mol. The van der Waals surface area contributed by atoms with Crippen LogP contribution in [0, 0.1) is 5.92 Å². The van der Waals surface area contributed by atoms with Crippen LogP contribution < -0.4 is 5.73 Å². The van der Waals surface area contributed by atoms with Gasteiger partial charge in [0.05, 0.1) is 0 Å². The SMILES string of the molecule is CCC(C)C1=CC=C(N)CC1. The highest BCUT2D eigenvalue weighted by Gasteiger charge is 2.08. The summed E-state index contributed by atoms with van der Waals surface area (Å²) < 4.78 is 0. The van der Waals surface area contributed by atoms with Crippen LogP contribution in [0.4, 0.5) is 0 Å². The molecule has 0 amide bonds. The maximum atomic E-state index is 5.66. The van der Waals surface area contributed by atoms with Gasteiger partial charge in [0.2, 0.25) is 0 Å². The highest BCUT2D eigenvalue weighted by molar-refractivity contribution is 5.23. The van der Waals surface area contributed by atoms with Crippen LogP contribution in [0.25, 0.3) is 0 Å². The summed E-state index contributed by atoms with van der Waals surface area (Å²) in [5.41, 5.74) is 8.24. The van der Waals surface area contributed by atoms with Gasteiger partial charge in [-0.05, 0) is 31.3 Å². The largest absolute Gasteiger partial charge is 0.402 e. The summed E-state index contributed by atoms with van der Waals surface area (Å²) in [4.78, 5) is 0. The van der Waals surface area contributed by atoms with Gasteiger partial charge in [-0.1, -0.05) is 25.5 Å². The zero-order chi connectivity index (χ0) is 8.27. The molecule has 11 heavy (non-hydrogen) atoms. The van der Waals surface area contributed by atoms with E-state index in [1.54, 1.807) is 5.57 Å². The summed E-state index contributed by atoms with van der Waals surface area (Å²) in [6, 6.07) is 0. The lowest BCUT2D eigenvalue weighted by atomic mass is 9.91. The minimum absolute atomic E-state index is 0.736. The summed E-state index contributed by atoms with van der Waals surface area (Å²) >= 11 is 0. The van der Waals surface area contributed by atoms with Crippen LogP contribution in [-0.4, -0.2) is 0 Å². The molecule has 1 rings (SSSR count). The molecule has 0 saturated carbocycles. The van der Waals surface area contributed by atoms with Gasteiger partial charge in [-0.2, -0.15) is 0 Å². The van der Waals surface area contributed by atoms with Crippen LogP contribution in [0.15, 0.2) is 23.4 Å². The standard InChI is InChI=1S/C10H17N/c1-3-8(2)9-4-6-10(11)7-5-9/h4,6,8H,3,5,7,11H2,1-2H3. The van der Waals surface area contributed by atoms with Crippen molar-refractivity contribution in [2.45, 2.75) is 33.1 Å². The topological polar surface area (TPSA) is 26.0 Å². The Morgan fingerprint density at radius 3 is 2.64 bits per heavy atom. The Hall–Kier alpha value is -0.720. The minimum Gasteiger partial charge on any atom is -0.402 e. The zero-order valence-corrected chi connectivity index (χ0v) is 7.43. The van der Waals surface area contributed by atoms with E-state index >= 15 is 0 Å². The summed E-state index contributed by atoms with van der Waals surface area (Å²) in [6.45, 7) is 4.51. The molecule has 62 valence electrons. The first-order chi connectivity index (χ1) is 5.24. The first kappa shape index (κ1) is 8.38. The Kier molecular flexibility index (Phi) is 2.75. The molecule has 1 heteroatoms. The molecule has 1 aliphatic carbocycles. The lowest BCUT2D eigenvalue weighted by molar-refractivity contribution is 0.616. The summed E-state index contributed by atoms with van der Waals surface area (Å²) in [5, 5.41) is 0. The first-order valence-electron chi connectivity index (χ1n) is 4.39. The number of rotatable bonds is 2. The molecule has 0 bridgehead atoms. The fraction of sp³-hybridized carbons (Fsp3) is 0.600. The lowest BCUT2D eigenvalue weighted by Gasteiger charge is -2.16. The van der Waals surface area contributed by atoms with Crippen LogP contribution in [-0.2, 0) is 0 Å². The van der Waals surface area contributed by atoms with Gasteiger partial charge in [-0.15, -0.1) is 0 Å². The van der Waals surface area contributed by atoms with Crippen molar-refractivity contribution in [1.82, 2.24) is 0 Å². The Morgan fingerprint density at radius 2 is 2.18 bits per heavy atom. The maximum absolute atomic E-state index is 5.66. The van der Waals surface area contributed by atoms with Gasteiger partial charge in [0, 0.05) is 5.70 Å². The number of nitrogens with two attached hydrogens (primary N) is 1. The molecule has 1 unspecified atom stereocenters. The molecule has 1 atom stereocenters. The molecule has 0 aromatic carbocycles. The van der Waals surface area contributed by atoms with E-state index < -0.39 is 0 Å². The van der Waals surface area contributed by atoms with Crippen molar-refractivity contribution in [1.29, 1.82) is 0 Å². The second kappa shape index (κ2) is 3.61. The average Bonchev–Trinajstić information content (AvgIpc) is 2.05. The van der Waals surface area contributed by atoms with Crippen LogP contribution in [0.1, 0.15) is 33.1 Å². The van der Waals surface area contributed by atoms with Gasteiger partial charge in [0.15, 0.2) is 0 Å². The average molecular weight is 151 g/mol. The third-order valence-electron chi connectivity index (χ3n) is 2.46. The Labute approximate surface area is 69.0 Å². The molecular weight excluding hydrogens is 134 g/mol. The van der Waals surface area contributed by atoms with Gasteiger partial charge >= 0.3 is 0 Å². The normalized spacial score (nSPS) is 20.5. The zero-order valence-electron chi connectivity index (χ0n) is 7.43. The Bertz CT molecular complexity index is 189. The third kappa shape index (κ3) is 2.11. The van der Waals surface area contributed by atoms with Crippen molar-refractivity contribution < 1.29 is 0 Å². The first-order valence-corrected chi connectivity index (χ1v) is 4.39. The van der Waals surface area contributed by atoms with E-state index in [0.717, 1.165) is 24.5 Å². The number of hydrogen-bond donors (Lipinski definition) is 1.